The molecular formula is C12H14ClNO2S. The van der Waals surface area contributed by atoms with E-state index in [9.17, 15) is 4.79 Å². The first kappa shape index (κ1) is 12.7. The highest BCUT2D eigenvalue weighted by atomic mass is 35.5. The molecule has 1 heterocycles. The van der Waals surface area contributed by atoms with E-state index < -0.39 is 12.0 Å². The maximum atomic E-state index is 10.8. The van der Waals surface area contributed by atoms with Gasteiger partial charge in [-0.1, -0.05) is 29.3 Å². The van der Waals surface area contributed by atoms with Crippen LogP contribution in [0.5, 0.6) is 0 Å². The molecule has 0 aromatic heterocycles. The third kappa shape index (κ3) is 3.37. The van der Waals surface area contributed by atoms with Crippen molar-refractivity contribution in [2.24, 2.45) is 0 Å². The van der Waals surface area contributed by atoms with E-state index in [1.54, 1.807) is 11.8 Å². The second-order valence-electron chi connectivity index (χ2n) is 4.02. The van der Waals surface area contributed by atoms with Gasteiger partial charge in [-0.25, -0.2) is 0 Å². The highest BCUT2D eigenvalue weighted by Crippen LogP contribution is 2.27. The first-order valence-corrected chi connectivity index (χ1v) is 6.90. The SMILES string of the molecule is O=C(O)[C@@H]1CSC(C2=CC=C(Cl)C=CC2)CN1. The Morgan fingerprint density at radius 2 is 2.35 bits per heavy atom. The number of aliphatic carboxylic acids is 1. The minimum absolute atomic E-state index is 0.342. The average molecular weight is 272 g/mol. The predicted molar refractivity (Wildman–Crippen MR) is 71.4 cm³/mol. The van der Waals surface area contributed by atoms with Gasteiger partial charge in [0.2, 0.25) is 0 Å². The van der Waals surface area contributed by atoms with Crippen molar-refractivity contribution in [3.05, 3.63) is 34.9 Å². The lowest BCUT2D eigenvalue weighted by Crippen LogP contribution is -2.46. The van der Waals surface area contributed by atoms with Crippen LogP contribution in [-0.2, 0) is 4.79 Å². The fourth-order valence-corrected chi connectivity index (χ4v) is 3.27. The number of hydrogen-bond donors (Lipinski definition) is 2. The van der Waals surface area contributed by atoms with Gasteiger partial charge in [0.1, 0.15) is 6.04 Å². The molecule has 0 bridgehead atoms. The zero-order valence-corrected chi connectivity index (χ0v) is 10.8. The van der Waals surface area contributed by atoms with Crippen LogP contribution in [0.15, 0.2) is 34.9 Å². The number of thioether (sulfide) groups is 1. The van der Waals surface area contributed by atoms with E-state index in [2.05, 4.69) is 5.32 Å². The molecule has 92 valence electrons. The van der Waals surface area contributed by atoms with Gasteiger partial charge in [0, 0.05) is 22.6 Å². The van der Waals surface area contributed by atoms with E-state index >= 15 is 0 Å². The largest absolute Gasteiger partial charge is 0.480 e. The highest BCUT2D eigenvalue weighted by molar-refractivity contribution is 8.00. The molecular weight excluding hydrogens is 258 g/mol. The lowest BCUT2D eigenvalue weighted by molar-refractivity contribution is -0.138. The fourth-order valence-electron chi connectivity index (χ4n) is 1.83. The number of allylic oxidation sites excluding steroid dienone is 5. The lowest BCUT2D eigenvalue weighted by Gasteiger charge is -2.28. The monoisotopic (exact) mass is 271 g/mol. The molecule has 0 radical (unpaired) electrons. The quantitative estimate of drug-likeness (QED) is 0.808. The summed E-state index contributed by atoms with van der Waals surface area (Å²) >= 11 is 7.62. The second kappa shape index (κ2) is 5.76. The third-order valence-electron chi connectivity index (χ3n) is 2.81. The zero-order valence-electron chi connectivity index (χ0n) is 9.23. The van der Waals surface area contributed by atoms with Gasteiger partial charge in [-0.05, 0) is 18.6 Å². The zero-order chi connectivity index (χ0) is 12.3. The first-order chi connectivity index (χ1) is 8.16. The Morgan fingerprint density at radius 1 is 1.53 bits per heavy atom. The van der Waals surface area contributed by atoms with Crippen LogP contribution >= 0.6 is 23.4 Å². The van der Waals surface area contributed by atoms with Crippen LogP contribution in [0, 0.1) is 0 Å². The van der Waals surface area contributed by atoms with E-state index in [1.165, 1.54) is 5.57 Å². The predicted octanol–water partition coefficient (Wildman–Crippen LogP) is 2.15. The summed E-state index contributed by atoms with van der Waals surface area (Å²) in [6.07, 6.45) is 8.75. The average Bonchev–Trinajstić information content (AvgIpc) is 2.54. The topological polar surface area (TPSA) is 49.3 Å². The van der Waals surface area contributed by atoms with Crippen LogP contribution in [0.4, 0.5) is 0 Å². The molecule has 0 amide bonds. The molecule has 17 heavy (non-hydrogen) atoms. The number of carbonyl (C=O) groups is 1. The summed E-state index contributed by atoms with van der Waals surface area (Å²) in [7, 11) is 0. The van der Waals surface area contributed by atoms with Gasteiger partial charge in [-0.2, -0.15) is 11.8 Å². The Morgan fingerprint density at radius 3 is 3.00 bits per heavy atom. The molecule has 0 saturated carbocycles. The third-order valence-corrected chi connectivity index (χ3v) is 4.46. The molecule has 2 rings (SSSR count). The Labute approximate surface area is 110 Å². The van der Waals surface area contributed by atoms with Gasteiger partial charge >= 0.3 is 5.97 Å². The summed E-state index contributed by atoms with van der Waals surface area (Å²) in [6, 6.07) is -0.419. The van der Waals surface area contributed by atoms with E-state index in [0.717, 1.165) is 11.5 Å². The van der Waals surface area contributed by atoms with E-state index in [-0.39, 0.29) is 0 Å². The number of carboxylic acid groups (broad SMARTS) is 1. The van der Waals surface area contributed by atoms with Crippen molar-refractivity contribution in [1.82, 2.24) is 5.32 Å². The molecule has 1 aliphatic heterocycles. The number of halogens is 1. The molecule has 0 aromatic rings. The smallest absolute Gasteiger partial charge is 0.321 e. The summed E-state index contributed by atoms with van der Waals surface area (Å²) in [5.41, 5.74) is 1.29. The Kier molecular flexibility index (Phi) is 4.31. The van der Waals surface area contributed by atoms with Crippen LogP contribution in [-0.4, -0.2) is 34.7 Å². The Bertz CT molecular complexity index is 395. The summed E-state index contributed by atoms with van der Waals surface area (Å²) in [5.74, 6) is -0.160. The number of nitrogens with one attached hydrogen (secondary N) is 1. The van der Waals surface area contributed by atoms with Crippen LogP contribution in [0.2, 0.25) is 0 Å². The maximum absolute atomic E-state index is 10.8. The van der Waals surface area contributed by atoms with Crippen molar-refractivity contribution in [3.8, 4) is 0 Å². The van der Waals surface area contributed by atoms with Crippen molar-refractivity contribution in [1.29, 1.82) is 0 Å². The number of carboxylic acids is 1. The minimum atomic E-state index is -0.770. The molecule has 2 N–H and O–H groups in total. The molecule has 1 unspecified atom stereocenters. The number of hydrogen-bond acceptors (Lipinski definition) is 3. The van der Waals surface area contributed by atoms with Crippen molar-refractivity contribution in [2.75, 3.05) is 12.3 Å². The standard InChI is InChI=1S/C12H14ClNO2S/c13-9-3-1-2-8(4-5-9)11-6-14-10(7-17-11)12(15)16/h1,3-5,10-11,14H,2,6-7H2,(H,15,16)/t10-,11?/m0/s1. The summed E-state index contributed by atoms with van der Waals surface area (Å²) in [5, 5.41) is 13.0. The summed E-state index contributed by atoms with van der Waals surface area (Å²) < 4.78 is 0. The van der Waals surface area contributed by atoms with Gasteiger partial charge in [-0.3, -0.25) is 4.79 Å². The molecule has 0 spiro atoms. The van der Waals surface area contributed by atoms with Crippen LogP contribution in [0.3, 0.4) is 0 Å². The summed E-state index contributed by atoms with van der Waals surface area (Å²) in [6.45, 7) is 0.701. The summed E-state index contributed by atoms with van der Waals surface area (Å²) in [4.78, 5) is 10.8. The normalized spacial score (nSPS) is 29.2. The molecule has 2 atom stereocenters. The molecule has 0 aromatic carbocycles. The van der Waals surface area contributed by atoms with E-state index in [4.69, 9.17) is 16.7 Å². The maximum Gasteiger partial charge on any atom is 0.321 e. The van der Waals surface area contributed by atoms with Crippen molar-refractivity contribution in [3.63, 3.8) is 0 Å². The first-order valence-electron chi connectivity index (χ1n) is 5.47. The Balaban J connectivity index is 1.97. The molecule has 2 aliphatic rings. The van der Waals surface area contributed by atoms with Crippen LogP contribution < -0.4 is 5.32 Å². The molecule has 3 nitrogen and oxygen atoms in total. The second-order valence-corrected chi connectivity index (χ2v) is 5.69. The minimum Gasteiger partial charge on any atom is -0.480 e. The van der Waals surface area contributed by atoms with Gasteiger partial charge in [0.15, 0.2) is 0 Å². The van der Waals surface area contributed by atoms with E-state index in [1.807, 2.05) is 24.3 Å². The van der Waals surface area contributed by atoms with Gasteiger partial charge in [0.25, 0.3) is 0 Å². The van der Waals surface area contributed by atoms with Gasteiger partial charge in [-0.15, -0.1) is 0 Å². The molecule has 1 aliphatic carbocycles. The lowest BCUT2D eigenvalue weighted by atomic mass is 10.1. The molecule has 5 heteroatoms. The van der Waals surface area contributed by atoms with Gasteiger partial charge < -0.3 is 10.4 Å². The fraction of sp³-hybridized carbons (Fsp3) is 0.417. The van der Waals surface area contributed by atoms with E-state index in [0.29, 0.717) is 17.5 Å². The van der Waals surface area contributed by atoms with Crippen molar-refractivity contribution < 1.29 is 9.90 Å². The Hall–Kier alpha value is -0.710. The number of rotatable bonds is 2. The van der Waals surface area contributed by atoms with Crippen LogP contribution in [0.1, 0.15) is 6.42 Å². The highest BCUT2D eigenvalue weighted by Gasteiger charge is 2.27. The molecule has 1 saturated heterocycles. The van der Waals surface area contributed by atoms with Crippen molar-refractivity contribution in [2.45, 2.75) is 17.7 Å². The van der Waals surface area contributed by atoms with Crippen LogP contribution in [0.25, 0.3) is 0 Å². The van der Waals surface area contributed by atoms with Gasteiger partial charge in [0.05, 0.1) is 0 Å². The molecule has 1 fully saturated rings. The van der Waals surface area contributed by atoms with Crippen molar-refractivity contribution >= 4 is 29.3 Å².